The summed E-state index contributed by atoms with van der Waals surface area (Å²) in [5.41, 5.74) is 6.80. The smallest absolute Gasteiger partial charge is 0.240 e. The molecule has 2 rings (SSSR count). The summed E-state index contributed by atoms with van der Waals surface area (Å²) in [6.07, 6.45) is 12.3. The van der Waals surface area contributed by atoms with E-state index >= 15 is 0 Å². The number of unbranched alkanes of at least 4 members (excludes halogenated alkanes) is 8. The molecule has 28 heavy (non-hydrogen) atoms. The highest BCUT2D eigenvalue weighted by atomic mass is 16.2. The number of benzene rings is 1. The van der Waals surface area contributed by atoms with E-state index in [0.717, 1.165) is 37.7 Å². The summed E-state index contributed by atoms with van der Waals surface area (Å²) in [4.78, 5) is 27.7. The number of nitrogens with zero attached hydrogens (tertiary/aromatic N) is 1. The highest BCUT2D eigenvalue weighted by Crippen LogP contribution is 2.41. The van der Waals surface area contributed by atoms with Gasteiger partial charge in [0.05, 0.1) is 5.41 Å². The Hall–Kier alpha value is -1.84. The lowest BCUT2D eigenvalue weighted by atomic mass is 9.74. The molecule has 0 aromatic heterocycles. The average molecular weight is 387 g/mol. The quantitative estimate of drug-likeness (QED) is 0.273. The van der Waals surface area contributed by atoms with E-state index in [2.05, 4.69) is 13.8 Å². The van der Waals surface area contributed by atoms with Gasteiger partial charge in [0, 0.05) is 18.7 Å². The molecule has 1 saturated heterocycles. The van der Waals surface area contributed by atoms with E-state index in [1.54, 1.807) is 0 Å². The predicted octanol–water partition coefficient (Wildman–Crippen LogP) is 5.60. The van der Waals surface area contributed by atoms with Crippen LogP contribution in [0.5, 0.6) is 0 Å². The summed E-state index contributed by atoms with van der Waals surface area (Å²) in [7, 11) is 0. The first-order valence-electron chi connectivity index (χ1n) is 11.3. The van der Waals surface area contributed by atoms with Gasteiger partial charge < -0.3 is 5.73 Å². The van der Waals surface area contributed by atoms with Crippen LogP contribution >= 0.6 is 0 Å². The molecule has 4 heteroatoms. The molecule has 1 aliphatic heterocycles. The number of amides is 2. The van der Waals surface area contributed by atoms with Gasteiger partial charge in [0.1, 0.15) is 0 Å². The summed E-state index contributed by atoms with van der Waals surface area (Å²) in [5, 5.41) is 0. The van der Waals surface area contributed by atoms with E-state index in [1.165, 1.54) is 43.4 Å². The molecule has 1 heterocycles. The maximum atomic E-state index is 13.4. The number of rotatable bonds is 13. The Balaban J connectivity index is 2.10. The first-order valence-corrected chi connectivity index (χ1v) is 11.3. The van der Waals surface area contributed by atoms with Crippen LogP contribution in [0.4, 0.5) is 5.69 Å². The van der Waals surface area contributed by atoms with E-state index in [1.807, 2.05) is 24.3 Å². The maximum Gasteiger partial charge on any atom is 0.240 e. The minimum Gasteiger partial charge on any atom is -0.399 e. The Morgan fingerprint density at radius 3 is 2.04 bits per heavy atom. The maximum absolute atomic E-state index is 13.4. The molecule has 1 aliphatic rings. The van der Waals surface area contributed by atoms with E-state index < -0.39 is 5.41 Å². The van der Waals surface area contributed by atoms with Crippen LogP contribution in [0.25, 0.3) is 0 Å². The number of anilines is 1. The van der Waals surface area contributed by atoms with Gasteiger partial charge >= 0.3 is 0 Å². The Morgan fingerprint density at radius 2 is 1.43 bits per heavy atom. The van der Waals surface area contributed by atoms with E-state index in [-0.39, 0.29) is 11.8 Å². The van der Waals surface area contributed by atoms with Crippen molar-refractivity contribution in [2.45, 2.75) is 96.3 Å². The number of hydrogen-bond acceptors (Lipinski definition) is 3. The number of carbonyl (C=O) groups is 2. The molecule has 1 fully saturated rings. The third kappa shape index (κ3) is 5.59. The highest BCUT2D eigenvalue weighted by molar-refractivity contribution is 6.09. The molecule has 1 aromatic rings. The standard InChI is InChI=1S/C24H38N2O2/c1-3-5-7-9-11-17-24(20-13-15-21(25)16-14-20)19-22(27)26(23(24)28)18-12-10-8-6-4-2/h13-16H,3-12,17-19,25H2,1-2H3. The SMILES string of the molecule is CCCCCCCN1C(=O)CC(CCCCCCC)(c2ccc(N)cc2)C1=O. The second kappa shape index (κ2) is 11.2. The van der Waals surface area contributed by atoms with Crippen LogP contribution < -0.4 is 5.73 Å². The van der Waals surface area contributed by atoms with Gasteiger partial charge in [0.15, 0.2) is 0 Å². The van der Waals surface area contributed by atoms with Crippen LogP contribution in [0.15, 0.2) is 24.3 Å². The lowest BCUT2D eigenvalue weighted by Crippen LogP contribution is -2.39. The largest absolute Gasteiger partial charge is 0.399 e. The monoisotopic (exact) mass is 386 g/mol. The minimum absolute atomic E-state index is 0.00764. The molecular formula is C24H38N2O2. The zero-order valence-electron chi connectivity index (χ0n) is 17.8. The molecule has 4 nitrogen and oxygen atoms in total. The van der Waals surface area contributed by atoms with Crippen LogP contribution in [0.2, 0.25) is 0 Å². The zero-order valence-corrected chi connectivity index (χ0v) is 17.8. The number of nitrogen functional groups attached to an aromatic ring is 1. The molecule has 1 unspecified atom stereocenters. The van der Waals surface area contributed by atoms with Crippen LogP contribution in [-0.4, -0.2) is 23.3 Å². The summed E-state index contributed by atoms with van der Waals surface area (Å²) < 4.78 is 0. The molecular weight excluding hydrogens is 348 g/mol. The van der Waals surface area contributed by atoms with Gasteiger partial charge in [-0.05, 0) is 30.5 Å². The van der Waals surface area contributed by atoms with Crippen LogP contribution in [-0.2, 0) is 15.0 Å². The van der Waals surface area contributed by atoms with Gasteiger partial charge in [0.25, 0.3) is 0 Å². The third-order valence-electron chi connectivity index (χ3n) is 6.06. The van der Waals surface area contributed by atoms with Gasteiger partial charge in [-0.15, -0.1) is 0 Å². The first kappa shape index (κ1) is 22.4. The van der Waals surface area contributed by atoms with E-state index in [0.29, 0.717) is 18.7 Å². The Labute approximate surface area is 170 Å². The van der Waals surface area contributed by atoms with Crippen molar-refractivity contribution in [2.24, 2.45) is 0 Å². The molecule has 1 aromatic carbocycles. The fourth-order valence-electron chi connectivity index (χ4n) is 4.30. The van der Waals surface area contributed by atoms with Crippen molar-refractivity contribution in [3.8, 4) is 0 Å². The lowest BCUT2D eigenvalue weighted by molar-refractivity contribution is -0.140. The van der Waals surface area contributed by atoms with Crippen molar-refractivity contribution in [2.75, 3.05) is 12.3 Å². The second-order valence-corrected chi connectivity index (χ2v) is 8.31. The first-order chi connectivity index (χ1) is 13.5. The number of imide groups is 1. The molecule has 0 bridgehead atoms. The number of nitrogens with two attached hydrogens (primary N) is 1. The molecule has 0 aliphatic carbocycles. The van der Waals surface area contributed by atoms with Gasteiger partial charge in [-0.2, -0.15) is 0 Å². The summed E-state index contributed by atoms with van der Waals surface area (Å²) in [6.45, 7) is 4.95. The van der Waals surface area contributed by atoms with Crippen molar-refractivity contribution < 1.29 is 9.59 Å². The highest BCUT2D eigenvalue weighted by Gasteiger charge is 2.51. The molecule has 0 saturated carbocycles. The third-order valence-corrected chi connectivity index (χ3v) is 6.06. The fraction of sp³-hybridized carbons (Fsp3) is 0.667. The van der Waals surface area contributed by atoms with E-state index in [9.17, 15) is 9.59 Å². The van der Waals surface area contributed by atoms with Crippen molar-refractivity contribution in [3.05, 3.63) is 29.8 Å². The number of hydrogen-bond donors (Lipinski definition) is 1. The van der Waals surface area contributed by atoms with Gasteiger partial charge in [-0.3, -0.25) is 14.5 Å². The van der Waals surface area contributed by atoms with Crippen LogP contribution in [0.1, 0.15) is 96.5 Å². The second-order valence-electron chi connectivity index (χ2n) is 8.31. The van der Waals surface area contributed by atoms with Gasteiger partial charge in [-0.1, -0.05) is 83.8 Å². The normalized spacial score (nSPS) is 19.6. The topological polar surface area (TPSA) is 63.4 Å². The molecule has 156 valence electrons. The summed E-state index contributed by atoms with van der Waals surface area (Å²) in [6, 6.07) is 7.58. The van der Waals surface area contributed by atoms with Gasteiger partial charge in [-0.25, -0.2) is 0 Å². The van der Waals surface area contributed by atoms with Crippen LogP contribution in [0.3, 0.4) is 0 Å². The molecule has 2 N–H and O–H groups in total. The van der Waals surface area contributed by atoms with Crippen molar-refractivity contribution in [3.63, 3.8) is 0 Å². The Bertz CT molecular complexity index is 626. The van der Waals surface area contributed by atoms with E-state index in [4.69, 9.17) is 5.73 Å². The summed E-state index contributed by atoms with van der Waals surface area (Å²) in [5.74, 6) is -0.000806. The predicted molar refractivity (Wildman–Crippen MR) is 116 cm³/mol. The average Bonchev–Trinajstić information content (AvgIpc) is 2.93. The Kier molecular flexibility index (Phi) is 9.01. The molecule has 0 spiro atoms. The fourth-order valence-corrected chi connectivity index (χ4v) is 4.30. The molecule has 2 amide bonds. The van der Waals surface area contributed by atoms with Crippen molar-refractivity contribution in [1.82, 2.24) is 4.90 Å². The van der Waals surface area contributed by atoms with Gasteiger partial charge in [0.2, 0.25) is 11.8 Å². The zero-order chi connectivity index (χ0) is 20.4. The van der Waals surface area contributed by atoms with Crippen molar-refractivity contribution >= 4 is 17.5 Å². The Morgan fingerprint density at radius 1 is 0.857 bits per heavy atom. The number of likely N-dealkylation sites (tertiary alicyclic amines) is 1. The number of carbonyl (C=O) groups excluding carboxylic acids is 2. The van der Waals surface area contributed by atoms with Crippen LogP contribution in [0, 0.1) is 0 Å². The minimum atomic E-state index is -0.694. The summed E-state index contributed by atoms with van der Waals surface area (Å²) >= 11 is 0. The van der Waals surface area contributed by atoms with Crippen molar-refractivity contribution in [1.29, 1.82) is 0 Å². The lowest BCUT2D eigenvalue weighted by Gasteiger charge is -2.28. The molecule has 0 radical (unpaired) electrons. The molecule has 1 atom stereocenters.